The first-order valence-corrected chi connectivity index (χ1v) is 9.32. The Morgan fingerprint density at radius 1 is 1.19 bits per heavy atom. The van der Waals surface area contributed by atoms with Crippen molar-refractivity contribution in [3.8, 4) is 11.3 Å². The molecule has 134 valence electrons. The van der Waals surface area contributed by atoms with Crippen LogP contribution in [0.15, 0.2) is 54.6 Å². The Balaban J connectivity index is 1.65. The maximum absolute atomic E-state index is 4.76. The van der Waals surface area contributed by atoms with E-state index in [4.69, 9.17) is 10.1 Å². The van der Waals surface area contributed by atoms with Crippen molar-refractivity contribution in [3.05, 3.63) is 66.0 Å². The van der Waals surface area contributed by atoms with E-state index in [1.165, 1.54) is 24.0 Å². The van der Waals surface area contributed by atoms with Gasteiger partial charge in [-0.05, 0) is 57.5 Å². The van der Waals surface area contributed by atoms with E-state index < -0.39 is 0 Å². The molecule has 0 aliphatic heterocycles. The normalized spacial score (nSPS) is 15.5. The van der Waals surface area contributed by atoms with Gasteiger partial charge < -0.3 is 4.90 Å². The number of allylic oxidation sites excluding steroid dienone is 1. The minimum Gasteiger partial charge on any atom is -0.303 e. The van der Waals surface area contributed by atoms with Crippen LogP contribution >= 0.6 is 0 Å². The van der Waals surface area contributed by atoms with Gasteiger partial charge in [0.1, 0.15) is 0 Å². The van der Waals surface area contributed by atoms with Crippen LogP contribution in [0.25, 0.3) is 16.9 Å². The quantitative estimate of drug-likeness (QED) is 0.615. The molecule has 0 spiro atoms. The zero-order valence-electron chi connectivity index (χ0n) is 15.8. The van der Waals surface area contributed by atoms with E-state index in [0.717, 1.165) is 29.1 Å². The third-order valence-corrected chi connectivity index (χ3v) is 5.41. The highest BCUT2D eigenvalue weighted by Gasteiger charge is 2.25. The highest BCUT2D eigenvalue weighted by Crippen LogP contribution is 2.36. The van der Waals surface area contributed by atoms with Gasteiger partial charge in [0.05, 0.1) is 5.69 Å². The van der Waals surface area contributed by atoms with Crippen LogP contribution in [0.1, 0.15) is 37.2 Å². The predicted octanol–water partition coefficient (Wildman–Crippen LogP) is 4.53. The number of nitrogens with zero attached hydrogens (tertiary/aromatic N) is 4. The molecule has 4 nitrogen and oxygen atoms in total. The summed E-state index contributed by atoms with van der Waals surface area (Å²) >= 11 is 0. The highest BCUT2D eigenvalue weighted by atomic mass is 15.3. The molecule has 0 saturated heterocycles. The zero-order chi connectivity index (χ0) is 18.3. The molecule has 1 aliphatic rings. The molecule has 3 aromatic rings. The van der Waals surface area contributed by atoms with E-state index in [1.54, 1.807) is 0 Å². The van der Waals surface area contributed by atoms with Crippen LogP contribution in [-0.2, 0) is 6.42 Å². The van der Waals surface area contributed by atoms with Crippen LogP contribution in [0, 0.1) is 5.92 Å². The van der Waals surface area contributed by atoms with Crippen LogP contribution in [0.2, 0.25) is 0 Å². The average Bonchev–Trinajstić information content (AvgIpc) is 3.41. The molecule has 1 aromatic carbocycles. The van der Waals surface area contributed by atoms with E-state index in [1.807, 2.05) is 10.6 Å². The molecule has 4 rings (SSSR count). The first kappa shape index (κ1) is 17.0. The average molecular weight is 346 g/mol. The molecule has 1 aliphatic carbocycles. The summed E-state index contributed by atoms with van der Waals surface area (Å²) in [6.45, 7) is 6.42. The molecule has 1 unspecified atom stereocenters. The SMILES string of the molecule is C=C(Cc1nc2cccc(-c3ccc(C(C)N(C)C)cc3)n2n1)C1CC1. The third kappa shape index (κ3) is 3.29. The molecule has 26 heavy (non-hydrogen) atoms. The maximum atomic E-state index is 4.76. The fourth-order valence-corrected chi connectivity index (χ4v) is 3.31. The molecule has 1 saturated carbocycles. The Labute approximate surface area is 155 Å². The Kier molecular flexibility index (Phi) is 4.37. The van der Waals surface area contributed by atoms with E-state index in [-0.39, 0.29) is 0 Å². The summed E-state index contributed by atoms with van der Waals surface area (Å²) in [5.74, 6) is 1.56. The van der Waals surface area contributed by atoms with Crippen LogP contribution in [0.5, 0.6) is 0 Å². The van der Waals surface area contributed by atoms with E-state index in [2.05, 4.69) is 68.9 Å². The number of aromatic nitrogens is 3. The third-order valence-electron chi connectivity index (χ3n) is 5.41. The van der Waals surface area contributed by atoms with E-state index in [0.29, 0.717) is 12.0 Å². The van der Waals surface area contributed by atoms with Gasteiger partial charge in [-0.1, -0.05) is 42.5 Å². The van der Waals surface area contributed by atoms with E-state index in [9.17, 15) is 0 Å². The molecule has 2 aromatic heterocycles. The van der Waals surface area contributed by atoms with Crippen molar-refractivity contribution < 1.29 is 0 Å². The second-order valence-electron chi connectivity index (χ2n) is 7.58. The van der Waals surface area contributed by atoms with E-state index >= 15 is 0 Å². The lowest BCUT2D eigenvalue weighted by atomic mass is 10.0. The maximum Gasteiger partial charge on any atom is 0.156 e. The molecule has 2 heterocycles. The summed E-state index contributed by atoms with van der Waals surface area (Å²) in [6.07, 6.45) is 3.33. The van der Waals surface area contributed by atoms with Gasteiger partial charge >= 0.3 is 0 Å². The number of hydrogen-bond acceptors (Lipinski definition) is 3. The minimum absolute atomic E-state index is 0.395. The molecule has 0 radical (unpaired) electrons. The lowest BCUT2D eigenvalue weighted by Crippen LogP contribution is -2.16. The summed E-state index contributed by atoms with van der Waals surface area (Å²) in [5.41, 5.74) is 5.70. The van der Waals surface area contributed by atoms with Crippen molar-refractivity contribution in [1.29, 1.82) is 0 Å². The van der Waals surface area contributed by atoms with Crippen LogP contribution < -0.4 is 0 Å². The summed E-state index contributed by atoms with van der Waals surface area (Å²) in [4.78, 5) is 6.92. The van der Waals surface area contributed by atoms with Crippen molar-refractivity contribution in [2.45, 2.75) is 32.2 Å². The lowest BCUT2D eigenvalue weighted by molar-refractivity contribution is 0.321. The zero-order valence-corrected chi connectivity index (χ0v) is 15.8. The second kappa shape index (κ2) is 6.69. The second-order valence-corrected chi connectivity index (χ2v) is 7.58. The predicted molar refractivity (Wildman–Crippen MR) is 106 cm³/mol. The van der Waals surface area contributed by atoms with Crippen LogP contribution in [0.4, 0.5) is 0 Å². The monoisotopic (exact) mass is 346 g/mol. The smallest absolute Gasteiger partial charge is 0.156 e. The molecule has 4 heteroatoms. The van der Waals surface area contributed by atoms with Gasteiger partial charge in [0, 0.05) is 18.0 Å². The molecule has 1 atom stereocenters. The Morgan fingerprint density at radius 3 is 2.58 bits per heavy atom. The lowest BCUT2D eigenvalue weighted by Gasteiger charge is -2.20. The number of pyridine rings is 1. The van der Waals surface area contributed by atoms with Gasteiger partial charge in [-0.15, -0.1) is 0 Å². The molecule has 0 N–H and O–H groups in total. The standard InChI is InChI=1S/C22H26N4/c1-15(17-8-9-17)14-21-23-22-7-5-6-20(26(22)24-21)19-12-10-18(11-13-19)16(2)25(3)4/h5-7,10-13,16-17H,1,8-9,14H2,2-4H3. The van der Waals surface area contributed by atoms with Gasteiger partial charge in [0.2, 0.25) is 0 Å². The molecule has 0 bridgehead atoms. The van der Waals surface area contributed by atoms with Gasteiger partial charge in [0.25, 0.3) is 0 Å². The van der Waals surface area contributed by atoms with Gasteiger partial charge in [0.15, 0.2) is 11.5 Å². The van der Waals surface area contributed by atoms with Crippen molar-refractivity contribution in [3.63, 3.8) is 0 Å². The number of fused-ring (bicyclic) bond motifs is 1. The first-order chi connectivity index (χ1) is 12.5. The fourth-order valence-electron chi connectivity index (χ4n) is 3.31. The van der Waals surface area contributed by atoms with Crippen LogP contribution in [-0.4, -0.2) is 33.6 Å². The fraction of sp³-hybridized carbons (Fsp3) is 0.364. The number of rotatable bonds is 6. The van der Waals surface area contributed by atoms with Crippen molar-refractivity contribution in [1.82, 2.24) is 19.5 Å². The van der Waals surface area contributed by atoms with Crippen molar-refractivity contribution in [2.75, 3.05) is 14.1 Å². The van der Waals surface area contributed by atoms with Gasteiger partial charge in [-0.3, -0.25) is 0 Å². The number of benzene rings is 1. The van der Waals surface area contributed by atoms with Gasteiger partial charge in [-0.25, -0.2) is 9.50 Å². The molecular formula is C22H26N4. The minimum atomic E-state index is 0.395. The molecule has 1 fully saturated rings. The Bertz CT molecular complexity index is 932. The summed E-state index contributed by atoms with van der Waals surface area (Å²) in [7, 11) is 4.21. The highest BCUT2D eigenvalue weighted by molar-refractivity contribution is 5.63. The largest absolute Gasteiger partial charge is 0.303 e. The summed E-state index contributed by atoms with van der Waals surface area (Å²) in [6, 6.07) is 15.3. The molecular weight excluding hydrogens is 320 g/mol. The Morgan fingerprint density at radius 2 is 1.92 bits per heavy atom. The molecule has 0 amide bonds. The summed E-state index contributed by atoms with van der Waals surface area (Å²) in [5, 5.41) is 4.76. The summed E-state index contributed by atoms with van der Waals surface area (Å²) < 4.78 is 1.96. The topological polar surface area (TPSA) is 33.4 Å². The van der Waals surface area contributed by atoms with Crippen molar-refractivity contribution in [2.24, 2.45) is 5.92 Å². The first-order valence-electron chi connectivity index (χ1n) is 9.32. The van der Waals surface area contributed by atoms with Crippen LogP contribution in [0.3, 0.4) is 0 Å². The van der Waals surface area contributed by atoms with Gasteiger partial charge in [-0.2, -0.15) is 5.10 Å². The van der Waals surface area contributed by atoms with Crippen molar-refractivity contribution >= 4 is 5.65 Å². The number of hydrogen-bond donors (Lipinski definition) is 0. The Hall–Kier alpha value is -2.46.